The Morgan fingerprint density at radius 3 is 2.46 bits per heavy atom. The number of rotatable bonds is 6. The number of nitrogens with zero attached hydrogens (tertiary/aromatic N) is 3. The maximum absolute atomic E-state index is 5.92. The SMILES string of the molecule is CN=C(NCc1noc(C(C)(C)C)n1)NCc1ccc(C)cc1OC(C)C.I. The quantitative estimate of drug-likeness (QED) is 0.355. The van der Waals surface area contributed by atoms with Gasteiger partial charge >= 0.3 is 0 Å². The van der Waals surface area contributed by atoms with E-state index in [1.54, 1.807) is 7.05 Å². The van der Waals surface area contributed by atoms with Crippen LogP contribution < -0.4 is 15.4 Å². The number of aromatic nitrogens is 2. The topological polar surface area (TPSA) is 84.6 Å². The zero-order chi connectivity index (χ0) is 20.0. The van der Waals surface area contributed by atoms with Crippen molar-refractivity contribution in [2.45, 2.75) is 66.2 Å². The molecule has 0 bridgehead atoms. The third kappa shape index (κ3) is 7.29. The highest BCUT2D eigenvalue weighted by atomic mass is 127. The number of nitrogens with one attached hydrogen (secondary N) is 2. The van der Waals surface area contributed by atoms with Gasteiger partial charge in [0.25, 0.3) is 0 Å². The molecule has 1 aromatic carbocycles. The Hall–Kier alpha value is -1.84. The Labute approximate surface area is 184 Å². The molecule has 2 N–H and O–H groups in total. The summed E-state index contributed by atoms with van der Waals surface area (Å²) in [5.41, 5.74) is 2.08. The average molecular weight is 501 g/mol. The summed E-state index contributed by atoms with van der Waals surface area (Å²) >= 11 is 0. The van der Waals surface area contributed by atoms with Crippen molar-refractivity contribution in [3.8, 4) is 5.75 Å². The second kappa shape index (κ2) is 10.6. The van der Waals surface area contributed by atoms with Gasteiger partial charge in [-0.3, -0.25) is 4.99 Å². The molecule has 1 heterocycles. The van der Waals surface area contributed by atoms with Crippen LogP contribution in [0, 0.1) is 6.92 Å². The molecule has 0 fully saturated rings. The lowest BCUT2D eigenvalue weighted by atomic mass is 9.97. The molecule has 0 saturated carbocycles. The van der Waals surface area contributed by atoms with E-state index in [0.29, 0.717) is 30.8 Å². The highest BCUT2D eigenvalue weighted by Gasteiger charge is 2.21. The Balaban J connectivity index is 0.00000392. The second-order valence-electron chi connectivity index (χ2n) is 7.82. The van der Waals surface area contributed by atoms with Crippen LogP contribution in [0.15, 0.2) is 27.7 Å². The van der Waals surface area contributed by atoms with E-state index in [9.17, 15) is 0 Å². The van der Waals surface area contributed by atoms with E-state index < -0.39 is 0 Å². The Morgan fingerprint density at radius 2 is 1.89 bits per heavy atom. The zero-order valence-corrected chi connectivity index (χ0v) is 20.1. The first-order valence-electron chi connectivity index (χ1n) is 9.23. The van der Waals surface area contributed by atoms with E-state index >= 15 is 0 Å². The summed E-state index contributed by atoms with van der Waals surface area (Å²) in [5, 5.41) is 10.5. The lowest BCUT2D eigenvalue weighted by molar-refractivity contribution is 0.239. The normalized spacial score (nSPS) is 11.9. The van der Waals surface area contributed by atoms with Crippen molar-refractivity contribution in [2.75, 3.05) is 7.05 Å². The summed E-state index contributed by atoms with van der Waals surface area (Å²) in [5.74, 6) is 2.77. The number of halogens is 1. The molecule has 0 spiro atoms. The van der Waals surface area contributed by atoms with Crippen LogP contribution in [-0.4, -0.2) is 29.3 Å². The molecule has 7 nitrogen and oxygen atoms in total. The first kappa shape index (κ1) is 24.2. The fraction of sp³-hybridized carbons (Fsp3) is 0.550. The monoisotopic (exact) mass is 501 g/mol. The summed E-state index contributed by atoms with van der Waals surface area (Å²) in [4.78, 5) is 8.67. The fourth-order valence-corrected chi connectivity index (χ4v) is 2.36. The first-order chi connectivity index (χ1) is 12.7. The number of aliphatic imine (C=N–C) groups is 1. The summed E-state index contributed by atoms with van der Waals surface area (Å²) < 4.78 is 11.2. The standard InChI is InChI=1S/C20H31N5O2.HI/c1-13(2)26-16-10-14(3)8-9-15(16)11-22-19(21-7)23-12-17-24-18(27-25-17)20(4,5)6;/h8-10,13H,11-12H2,1-7H3,(H2,21,22,23);1H. The van der Waals surface area contributed by atoms with Crippen LogP contribution in [0.5, 0.6) is 5.75 Å². The predicted octanol–water partition coefficient (Wildman–Crippen LogP) is 3.95. The van der Waals surface area contributed by atoms with Crippen molar-refractivity contribution in [2.24, 2.45) is 4.99 Å². The molecule has 156 valence electrons. The van der Waals surface area contributed by atoms with Gasteiger partial charge in [-0.2, -0.15) is 4.98 Å². The Bertz CT molecular complexity index is 781. The Kier molecular flexibility index (Phi) is 9.19. The van der Waals surface area contributed by atoms with Gasteiger partial charge in [0.1, 0.15) is 5.75 Å². The number of guanidine groups is 1. The predicted molar refractivity (Wildman–Crippen MR) is 122 cm³/mol. The molecule has 8 heteroatoms. The smallest absolute Gasteiger partial charge is 0.232 e. The van der Waals surface area contributed by atoms with Crippen molar-refractivity contribution < 1.29 is 9.26 Å². The largest absolute Gasteiger partial charge is 0.491 e. The van der Waals surface area contributed by atoms with Crippen LogP contribution in [0.4, 0.5) is 0 Å². The zero-order valence-electron chi connectivity index (χ0n) is 17.8. The van der Waals surface area contributed by atoms with Crippen LogP contribution in [-0.2, 0) is 18.5 Å². The molecule has 0 aliphatic heterocycles. The van der Waals surface area contributed by atoms with E-state index in [-0.39, 0.29) is 35.5 Å². The third-order valence-corrected chi connectivity index (χ3v) is 3.78. The highest BCUT2D eigenvalue weighted by molar-refractivity contribution is 14.0. The van der Waals surface area contributed by atoms with Crippen LogP contribution in [0.25, 0.3) is 0 Å². The average Bonchev–Trinajstić information content (AvgIpc) is 3.05. The highest BCUT2D eigenvalue weighted by Crippen LogP contribution is 2.22. The van der Waals surface area contributed by atoms with Crippen molar-refractivity contribution in [1.82, 2.24) is 20.8 Å². The first-order valence-corrected chi connectivity index (χ1v) is 9.23. The van der Waals surface area contributed by atoms with Crippen LogP contribution in [0.2, 0.25) is 0 Å². The van der Waals surface area contributed by atoms with Gasteiger partial charge < -0.3 is 19.9 Å². The molecular formula is C20H32IN5O2. The van der Waals surface area contributed by atoms with E-state index in [2.05, 4.69) is 50.9 Å². The van der Waals surface area contributed by atoms with E-state index in [1.807, 2.05) is 34.6 Å². The molecule has 0 atom stereocenters. The molecule has 2 rings (SSSR count). The minimum atomic E-state index is -0.163. The van der Waals surface area contributed by atoms with Gasteiger partial charge in [-0.15, -0.1) is 24.0 Å². The molecule has 0 aliphatic rings. The van der Waals surface area contributed by atoms with Gasteiger partial charge in [-0.1, -0.05) is 38.1 Å². The Morgan fingerprint density at radius 1 is 1.21 bits per heavy atom. The maximum Gasteiger partial charge on any atom is 0.232 e. The van der Waals surface area contributed by atoms with Gasteiger partial charge in [-0.25, -0.2) is 0 Å². The van der Waals surface area contributed by atoms with Crippen molar-refractivity contribution in [1.29, 1.82) is 0 Å². The van der Waals surface area contributed by atoms with Gasteiger partial charge in [0, 0.05) is 24.6 Å². The maximum atomic E-state index is 5.92. The van der Waals surface area contributed by atoms with Gasteiger partial charge in [0.05, 0.1) is 12.6 Å². The molecule has 1 aromatic heterocycles. The van der Waals surface area contributed by atoms with Gasteiger partial charge in [-0.05, 0) is 32.4 Å². The number of aryl methyl sites for hydroxylation is 1. The number of ether oxygens (including phenoxy) is 1. The van der Waals surface area contributed by atoms with E-state index in [4.69, 9.17) is 9.26 Å². The molecule has 28 heavy (non-hydrogen) atoms. The molecular weight excluding hydrogens is 469 g/mol. The van der Waals surface area contributed by atoms with Crippen molar-refractivity contribution >= 4 is 29.9 Å². The lowest BCUT2D eigenvalue weighted by Crippen LogP contribution is -2.36. The number of hydrogen-bond acceptors (Lipinski definition) is 5. The molecule has 2 aromatic rings. The number of hydrogen-bond donors (Lipinski definition) is 2. The molecule has 0 radical (unpaired) electrons. The minimum absolute atomic E-state index is 0. The summed E-state index contributed by atoms with van der Waals surface area (Å²) in [7, 11) is 1.73. The van der Waals surface area contributed by atoms with Gasteiger partial charge in [0.15, 0.2) is 11.8 Å². The number of benzene rings is 1. The van der Waals surface area contributed by atoms with Crippen molar-refractivity contribution in [3.63, 3.8) is 0 Å². The molecule has 0 amide bonds. The van der Waals surface area contributed by atoms with Gasteiger partial charge in [0.2, 0.25) is 5.89 Å². The van der Waals surface area contributed by atoms with Crippen molar-refractivity contribution in [3.05, 3.63) is 41.0 Å². The molecule has 0 aliphatic carbocycles. The van der Waals surface area contributed by atoms with Crippen LogP contribution >= 0.6 is 24.0 Å². The molecule has 0 saturated heterocycles. The molecule has 0 unspecified atom stereocenters. The third-order valence-electron chi connectivity index (χ3n) is 3.78. The van der Waals surface area contributed by atoms with Crippen LogP contribution in [0.3, 0.4) is 0 Å². The lowest BCUT2D eigenvalue weighted by Gasteiger charge is -2.16. The second-order valence-corrected chi connectivity index (χ2v) is 7.82. The summed E-state index contributed by atoms with van der Waals surface area (Å²) in [6.07, 6.45) is 0.123. The summed E-state index contributed by atoms with van der Waals surface area (Å²) in [6, 6.07) is 6.20. The van der Waals surface area contributed by atoms with Crippen LogP contribution in [0.1, 0.15) is 57.5 Å². The minimum Gasteiger partial charge on any atom is -0.491 e. The van der Waals surface area contributed by atoms with E-state index in [0.717, 1.165) is 11.3 Å². The summed E-state index contributed by atoms with van der Waals surface area (Å²) in [6.45, 7) is 13.3. The fourth-order valence-electron chi connectivity index (χ4n) is 2.36. The van der Waals surface area contributed by atoms with E-state index in [1.165, 1.54) is 5.56 Å².